The van der Waals surface area contributed by atoms with Gasteiger partial charge in [-0.25, -0.2) is 0 Å². The van der Waals surface area contributed by atoms with E-state index in [0.717, 1.165) is 31.3 Å². The minimum atomic E-state index is 0.775. The molecule has 2 fully saturated rings. The number of nitrogens with zero attached hydrogens (tertiary/aromatic N) is 1. The fraction of sp³-hybridized carbons (Fsp3) is 1.00. The molecule has 21 heavy (non-hydrogen) atoms. The van der Waals surface area contributed by atoms with Crippen molar-refractivity contribution < 1.29 is 4.74 Å². The van der Waals surface area contributed by atoms with Gasteiger partial charge in [0.2, 0.25) is 0 Å². The average Bonchev–Trinajstić information content (AvgIpc) is 2.48. The standard InChI is InChI=1S/C18H36N2O/c1-3-5-12-21-13-7-11-20-17-8-6-9-18(20)15-16(14-17)19-10-4-2/h16-19H,3-15H2,1-2H3. The van der Waals surface area contributed by atoms with Crippen LogP contribution in [-0.2, 0) is 4.74 Å². The van der Waals surface area contributed by atoms with Crippen molar-refractivity contribution in [2.24, 2.45) is 0 Å². The number of rotatable bonds is 10. The van der Waals surface area contributed by atoms with Gasteiger partial charge in [-0.15, -0.1) is 0 Å². The lowest BCUT2D eigenvalue weighted by atomic mass is 9.81. The molecular weight excluding hydrogens is 260 g/mol. The van der Waals surface area contributed by atoms with Gasteiger partial charge < -0.3 is 10.1 Å². The molecule has 124 valence electrons. The molecule has 0 aromatic heterocycles. The molecule has 2 atom stereocenters. The third kappa shape index (κ3) is 5.54. The lowest BCUT2D eigenvalue weighted by Crippen LogP contribution is -2.56. The molecule has 2 aliphatic heterocycles. The number of fused-ring (bicyclic) bond motifs is 2. The summed E-state index contributed by atoms with van der Waals surface area (Å²) < 4.78 is 5.72. The zero-order valence-electron chi connectivity index (χ0n) is 14.3. The molecule has 0 saturated carbocycles. The van der Waals surface area contributed by atoms with Crippen LogP contribution < -0.4 is 5.32 Å². The second-order valence-corrected chi connectivity index (χ2v) is 6.92. The highest BCUT2D eigenvalue weighted by atomic mass is 16.5. The SMILES string of the molecule is CCCCOCCCN1C2CCCC1CC(NCCC)C2. The van der Waals surface area contributed by atoms with Crippen molar-refractivity contribution in [3.63, 3.8) is 0 Å². The van der Waals surface area contributed by atoms with Gasteiger partial charge in [0.25, 0.3) is 0 Å². The summed E-state index contributed by atoms with van der Waals surface area (Å²) in [6, 6.07) is 2.45. The molecular formula is C18H36N2O. The van der Waals surface area contributed by atoms with E-state index in [4.69, 9.17) is 4.74 Å². The van der Waals surface area contributed by atoms with Crippen LogP contribution in [0.25, 0.3) is 0 Å². The molecule has 2 aliphatic rings. The lowest BCUT2D eigenvalue weighted by molar-refractivity contribution is 0.0157. The highest BCUT2D eigenvalue weighted by Gasteiger charge is 2.37. The Morgan fingerprint density at radius 3 is 2.38 bits per heavy atom. The van der Waals surface area contributed by atoms with E-state index < -0.39 is 0 Å². The monoisotopic (exact) mass is 296 g/mol. The number of hydrogen-bond acceptors (Lipinski definition) is 3. The number of piperidine rings is 2. The predicted molar refractivity (Wildman–Crippen MR) is 89.8 cm³/mol. The zero-order valence-corrected chi connectivity index (χ0v) is 14.3. The second-order valence-electron chi connectivity index (χ2n) is 6.92. The summed E-state index contributed by atoms with van der Waals surface area (Å²) in [6.45, 7) is 8.83. The Hall–Kier alpha value is -0.120. The molecule has 0 radical (unpaired) electrons. The van der Waals surface area contributed by atoms with Crippen molar-refractivity contribution >= 4 is 0 Å². The van der Waals surface area contributed by atoms with E-state index in [0.29, 0.717) is 0 Å². The third-order valence-electron chi connectivity index (χ3n) is 5.16. The second kappa shape index (κ2) is 9.81. The van der Waals surface area contributed by atoms with Crippen LogP contribution in [0.15, 0.2) is 0 Å². The topological polar surface area (TPSA) is 24.5 Å². The van der Waals surface area contributed by atoms with E-state index >= 15 is 0 Å². The fourth-order valence-corrected chi connectivity index (χ4v) is 4.06. The first-order valence-electron chi connectivity index (χ1n) is 9.42. The molecule has 0 aromatic rings. The van der Waals surface area contributed by atoms with E-state index in [1.54, 1.807) is 0 Å². The maximum Gasteiger partial charge on any atom is 0.0478 e. The summed E-state index contributed by atoms with van der Waals surface area (Å²) in [5, 5.41) is 3.76. The zero-order chi connectivity index (χ0) is 14.9. The van der Waals surface area contributed by atoms with Gasteiger partial charge in [0.05, 0.1) is 0 Å². The van der Waals surface area contributed by atoms with Gasteiger partial charge in [0, 0.05) is 37.9 Å². The van der Waals surface area contributed by atoms with Crippen molar-refractivity contribution in [3.8, 4) is 0 Å². The molecule has 0 spiro atoms. The Morgan fingerprint density at radius 2 is 1.71 bits per heavy atom. The number of hydrogen-bond donors (Lipinski definition) is 1. The van der Waals surface area contributed by atoms with E-state index in [9.17, 15) is 0 Å². The molecule has 1 N–H and O–H groups in total. The molecule has 2 bridgehead atoms. The van der Waals surface area contributed by atoms with E-state index in [1.165, 1.54) is 70.9 Å². The van der Waals surface area contributed by atoms with E-state index in [2.05, 4.69) is 24.1 Å². The van der Waals surface area contributed by atoms with Crippen LogP contribution >= 0.6 is 0 Å². The quantitative estimate of drug-likeness (QED) is 0.624. The summed E-state index contributed by atoms with van der Waals surface area (Å²) in [5.41, 5.74) is 0. The number of nitrogens with one attached hydrogen (secondary N) is 1. The Kier molecular flexibility index (Phi) is 8.05. The molecule has 2 heterocycles. The highest BCUT2D eigenvalue weighted by Crippen LogP contribution is 2.34. The van der Waals surface area contributed by atoms with Crippen molar-refractivity contribution in [1.82, 2.24) is 10.2 Å². The average molecular weight is 296 g/mol. The number of ether oxygens (including phenoxy) is 1. The minimum absolute atomic E-state index is 0.775. The maximum atomic E-state index is 5.72. The van der Waals surface area contributed by atoms with Crippen molar-refractivity contribution in [3.05, 3.63) is 0 Å². The number of unbranched alkanes of at least 4 members (excludes halogenated alkanes) is 1. The normalized spacial score (nSPS) is 29.7. The molecule has 3 nitrogen and oxygen atoms in total. The molecule has 2 rings (SSSR count). The smallest absolute Gasteiger partial charge is 0.0478 e. The molecule has 0 aromatic carbocycles. The Labute approximate surface area is 131 Å². The van der Waals surface area contributed by atoms with E-state index in [-0.39, 0.29) is 0 Å². The predicted octanol–water partition coefficient (Wildman–Crippen LogP) is 3.58. The molecule has 0 aliphatic carbocycles. The van der Waals surface area contributed by atoms with Crippen molar-refractivity contribution in [1.29, 1.82) is 0 Å². The van der Waals surface area contributed by atoms with Gasteiger partial charge in [-0.3, -0.25) is 4.90 Å². The summed E-state index contributed by atoms with van der Waals surface area (Å²) in [7, 11) is 0. The van der Waals surface area contributed by atoms with Crippen LogP contribution in [0.4, 0.5) is 0 Å². The van der Waals surface area contributed by atoms with Crippen LogP contribution in [0.2, 0.25) is 0 Å². The summed E-state index contributed by atoms with van der Waals surface area (Å²) in [5.74, 6) is 0. The summed E-state index contributed by atoms with van der Waals surface area (Å²) in [4.78, 5) is 2.82. The van der Waals surface area contributed by atoms with Gasteiger partial charge in [-0.05, 0) is 51.5 Å². The Morgan fingerprint density at radius 1 is 1.00 bits per heavy atom. The first-order valence-corrected chi connectivity index (χ1v) is 9.42. The van der Waals surface area contributed by atoms with Crippen LogP contribution in [0.3, 0.4) is 0 Å². The largest absolute Gasteiger partial charge is 0.381 e. The van der Waals surface area contributed by atoms with Crippen molar-refractivity contribution in [2.75, 3.05) is 26.3 Å². The highest BCUT2D eigenvalue weighted by molar-refractivity contribution is 4.94. The Bertz CT molecular complexity index is 258. The molecule has 0 amide bonds. The van der Waals surface area contributed by atoms with Gasteiger partial charge in [-0.2, -0.15) is 0 Å². The van der Waals surface area contributed by atoms with Gasteiger partial charge in [0.1, 0.15) is 0 Å². The van der Waals surface area contributed by atoms with E-state index in [1.807, 2.05) is 0 Å². The summed E-state index contributed by atoms with van der Waals surface area (Å²) >= 11 is 0. The third-order valence-corrected chi connectivity index (χ3v) is 5.16. The Balaban J connectivity index is 1.68. The summed E-state index contributed by atoms with van der Waals surface area (Å²) in [6.07, 6.45) is 11.9. The van der Waals surface area contributed by atoms with Gasteiger partial charge >= 0.3 is 0 Å². The van der Waals surface area contributed by atoms with Crippen LogP contribution in [-0.4, -0.2) is 49.3 Å². The molecule has 3 heteroatoms. The minimum Gasteiger partial charge on any atom is -0.381 e. The molecule has 2 unspecified atom stereocenters. The fourth-order valence-electron chi connectivity index (χ4n) is 4.06. The first kappa shape index (κ1) is 17.2. The van der Waals surface area contributed by atoms with Gasteiger partial charge in [0.15, 0.2) is 0 Å². The van der Waals surface area contributed by atoms with Crippen molar-refractivity contribution in [2.45, 2.75) is 89.8 Å². The van der Waals surface area contributed by atoms with Gasteiger partial charge in [-0.1, -0.05) is 26.7 Å². The molecule has 2 saturated heterocycles. The van der Waals surface area contributed by atoms with Crippen LogP contribution in [0, 0.1) is 0 Å². The van der Waals surface area contributed by atoms with Crippen LogP contribution in [0.5, 0.6) is 0 Å². The van der Waals surface area contributed by atoms with Crippen LogP contribution in [0.1, 0.15) is 71.6 Å². The lowest BCUT2D eigenvalue weighted by Gasteiger charge is -2.49. The first-order chi connectivity index (χ1) is 10.3. The maximum absolute atomic E-state index is 5.72.